The van der Waals surface area contributed by atoms with E-state index in [1.165, 1.54) is 20.2 Å². The maximum absolute atomic E-state index is 12.0. The number of carboxylic acid groups (broad SMARTS) is 1. The zero-order valence-electron chi connectivity index (χ0n) is 13.8. The number of nitrogens with zero attached hydrogens (tertiary/aromatic N) is 1. The Bertz CT molecular complexity index is 781. The Morgan fingerprint density at radius 1 is 1.40 bits per heavy atom. The summed E-state index contributed by atoms with van der Waals surface area (Å²) in [6.07, 6.45) is -0.0878. The number of aromatic carboxylic acids is 1. The van der Waals surface area contributed by atoms with Crippen molar-refractivity contribution in [2.45, 2.75) is 18.8 Å². The van der Waals surface area contributed by atoms with Gasteiger partial charge in [-0.3, -0.25) is 4.79 Å². The number of carbonyl (C=O) groups excluding carboxylic acids is 1. The summed E-state index contributed by atoms with van der Waals surface area (Å²) < 4.78 is 29.6. The highest BCUT2D eigenvalue weighted by Crippen LogP contribution is 2.30. The lowest BCUT2D eigenvalue weighted by Gasteiger charge is -2.28. The smallest absolute Gasteiger partial charge is 0.534 e. The number of fused-ring (bicyclic) bond motifs is 1. The molecule has 136 valence electrons. The van der Waals surface area contributed by atoms with Gasteiger partial charge in [0.1, 0.15) is 5.75 Å². The van der Waals surface area contributed by atoms with Crippen molar-refractivity contribution in [2.24, 2.45) is 0 Å². The van der Waals surface area contributed by atoms with E-state index in [2.05, 4.69) is 5.32 Å². The number of benzene rings is 1. The van der Waals surface area contributed by atoms with Crippen molar-refractivity contribution in [1.29, 1.82) is 0 Å². The monoisotopic (exact) mass is 370 g/mol. The molecule has 0 radical (unpaired) electrons. The van der Waals surface area contributed by atoms with E-state index < -0.39 is 35.0 Å². The number of rotatable bonds is 6. The van der Waals surface area contributed by atoms with Crippen LogP contribution < -0.4 is 9.97 Å². The van der Waals surface area contributed by atoms with Crippen molar-refractivity contribution in [2.75, 3.05) is 19.8 Å². The molecule has 0 unspecified atom stereocenters. The molecule has 0 fully saturated rings. The standard InChI is InChI=1S/C14H19BN2O7S/c1-17(2)25(22,23)7-6-12(18)16-11-8-9-4-3-5-10(14(19)20)13(9)24-15(11)21/h3-5,11,21H,6-8H2,1-2H3,(H,16,18)(H,19,20)/t11-/m0/s1. The van der Waals surface area contributed by atoms with Gasteiger partial charge in [-0.25, -0.2) is 17.5 Å². The van der Waals surface area contributed by atoms with E-state index in [4.69, 9.17) is 9.76 Å². The quantitative estimate of drug-likeness (QED) is 0.553. The summed E-state index contributed by atoms with van der Waals surface area (Å²) in [7, 11) is -2.17. The Morgan fingerprint density at radius 3 is 2.68 bits per heavy atom. The first-order valence-electron chi connectivity index (χ1n) is 7.51. The number of sulfonamides is 1. The van der Waals surface area contributed by atoms with Crippen LogP contribution in [0.4, 0.5) is 0 Å². The van der Waals surface area contributed by atoms with Crippen LogP contribution in [0.15, 0.2) is 18.2 Å². The fraction of sp³-hybridized carbons (Fsp3) is 0.429. The topological polar surface area (TPSA) is 133 Å². The fourth-order valence-corrected chi connectivity index (χ4v) is 3.21. The van der Waals surface area contributed by atoms with Crippen LogP contribution >= 0.6 is 0 Å². The van der Waals surface area contributed by atoms with Gasteiger partial charge in [-0.2, -0.15) is 0 Å². The summed E-state index contributed by atoms with van der Waals surface area (Å²) in [6, 6.07) is 4.55. The van der Waals surface area contributed by atoms with E-state index in [9.17, 15) is 23.0 Å². The molecule has 1 aliphatic rings. The summed E-state index contributed by atoms with van der Waals surface area (Å²) in [5.74, 6) is -2.81. The first-order chi connectivity index (χ1) is 11.6. The number of carbonyl (C=O) groups is 2. The number of para-hydroxylation sites is 1. The minimum Gasteiger partial charge on any atom is -0.534 e. The molecule has 0 aromatic heterocycles. The highest BCUT2D eigenvalue weighted by molar-refractivity contribution is 7.89. The molecule has 0 bridgehead atoms. The second kappa shape index (κ2) is 7.42. The fourth-order valence-electron chi connectivity index (χ4n) is 2.40. The van der Waals surface area contributed by atoms with Crippen LogP contribution in [0.5, 0.6) is 5.75 Å². The van der Waals surface area contributed by atoms with Gasteiger partial charge >= 0.3 is 13.1 Å². The molecule has 3 N–H and O–H groups in total. The maximum Gasteiger partial charge on any atom is 0.547 e. The van der Waals surface area contributed by atoms with E-state index >= 15 is 0 Å². The largest absolute Gasteiger partial charge is 0.547 e. The number of hydrogen-bond donors (Lipinski definition) is 3. The molecule has 1 atom stereocenters. The molecule has 1 heterocycles. The van der Waals surface area contributed by atoms with Crippen LogP contribution in [0.25, 0.3) is 0 Å². The summed E-state index contributed by atoms with van der Waals surface area (Å²) in [4.78, 5) is 23.1. The molecule has 0 saturated heterocycles. The van der Waals surface area contributed by atoms with E-state index in [0.717, 1.165) is 4.31 Å². The Kier molecular flexibility index (Phi) is 5.70. The molecule has 9 nitrogen and oxygen atoms in total. The second-order valence-electron chi connectivity index (χ2n) is 5.83. The van der Waals surface area contributed by atoms with Crippen molar-refractivity contribution in [1.82, 2.24) is 9.62 Å². The Labute approximate surface area is 145 Å². The van der Waals surface area contributed by atoms with Crippen LogP contribution in [-0.4, -0.2) is 67.6 Å². The molecule has 1 amide bonds. The van der Waals surface area contributed by atoms with Crippen LogP contribution in [0.2, 0.25) is 0 Å². The van der Waals surface area contributed by atoms with Gasteiger partial charge in [0.2, 0.25) is 15.9 Å². The number of amides is 1. The first kappa shape index (κ1) is 19.2. The molecule has 0 aliphatic carbocycles. The van der Waals surface area contributed by atoms with E-state index in [-0.39, 0.29) is 29.9 Å². The predicted octanol–water partition coefficient (Wildman–Crippen LogP) is -0.894. The highest BCUT2D eigenvalue weighted by atomic mass is 32.2. The van der Waals surface area contributed by atoms with Gasteiger partial charge in [0.15, 0.2) is 0 Å². The molecule has 25 heavy (non-hydrogen) atoms. The van der Waals surface area contributed by atoms with Gasteiger partial charge in [0, 0.05) is 20.5 Å². The van der Waals surface area contributed by atoms with E-state index in [0.29, 0.717) is 5.56 Å². The minimum atomic E-state index is -3.50. The SMILES string of the molecule is CN(C)S(=O)(=O)CCC(=O)N[C@H]1Cc2cccc(C(=O)O)c2OB1O. The van der Waals surface area contributed by atoms with Crippen molar-refractivity contribution in [3.63, 3.8) is 0 Å². The zero-order chi connectivity index (χ0) is 18.8. The molecule has 2 rings (SSSR count). The van der Waals surface area contributed by atoms with Gasteiger partial charge in [-0.1, -0.05) is 12.1 Å². The Hall–Kier alpha value is -2.11. The van der Waals surface area contributed by atoms with Crippen molar-refractivity contribution >= 4 is 29.0 Å². The molecule has 1 aromatic carbocycles. The molecular formula is C14H19BN2O7S. The molecular weight excluding hydrogens is 351 g/mol. The molecule has 1 aromatic rings. The summed E-state index contributed by atoms with van der Waals surface area (Å²) in [6.45, 7) is 0. The van der Waals surface area contributed by atoms with Crippen molar-refractivity contribution in [3.05, 3.63) is 29.3 Å². The zero-order valence-corrected chi connectivity index (χ0v) is 14.6. The number of hydrogen-bond acceptors (Lipinski definition) is 6. The van der Waals surface area contributed by atoms with Crippen LogP contribution in [0.3, 0.4) is 0 Å². The second-order valence-corrected chi connectivity index (χ2v) is 8.14. The summed E-state index contributed by atoms with van der Waals surface area (Å²) >= 11 is 0. The van der Waals surface area contributed by atoms with Gasteiger partial charge in [-0.15, -0.1) is 0 Å². The van der Waals surface area contributed by atoms with Gasteiger partial charge in [0.05, 0.1) is 17.3 Å². The highest BCUT2D eigenvalue weighted by Gasteiger charge is 2.37. The van der Waals surface area contributed by atoms with Crippen LogP contribution in [-0.2, 0) is 21.2 Å². The van der Waals surface area contributed by atoms with E-state index in [1.54, 1.807) is 12.1 Å². The normalized spacial score (nSPS) is 17.0. The van der Waals surface area contributed by atoms with E-state index in [1.807, 2.05) is 0 Å². The summed E-state index contributed by atoms with van der Waals surface area (Å²) in [5, 5.41) is 21.7. The minimum absolute atomic E-state index is 0.0709. The molecule has 11 heteroatoms. The average molecular weight is 370 g/mol. The van der Waals surface area contributed by atoms with Crippen molar-refractivity contribution < 1.29 is 32.8 Å². The van der Waals surface area contributed by atoms with Crippen molar-refractivity contribution in [3.8, 4) is 5.75 Å². The van der Waals surface area contributed by atoms with Crippen LogP contribution in [0, 0.1) is 0 Å². The van der Waals surface area contributed by atoms with Gasteiger partial charge in [-0.05, 0) is 18.1 Å². The summed E-state index contributed by atoms with van der Waals surface area (Å²) in [5.41, 5.74) is 0.467. The predicted molar refractivity (Wildman–Crippen MR) is 89.7 cm³/mol. The van der Waals surface area contributed by atoms with Gasteiger partial charge < -0.3 is 20.1 Å². The number of nitrogens with one attached hydrogen (secondary N) is 1. The Morgan fingerprint density at radius 2 is 2.08 bits per heavy atom. The molecule has 0 spiro atoms. The molecule has 0 saturated carbocycles. The van der Waals surface area contributed by atoms with Crippen LogP contribution in [0.1, 0.15) is 22.3 Å². The third kappa shape index (κ3) is 4.50. The maximum atomic E-state index is 12.0. The third-order valence-electron chi connectivity index (χ3n) is 3.84. The third-order valence-corrected chi connectivity index (χ3v) is 5.67. The van der Waals surface area contributed by atoms with Gasteiger partial charge in [0.25, 0.3) is 0 Å². The lowest BCUT2D eigenvalue weighted by Crippen LogP contribution is -2.53. The molecule has 1 aliphatic heterocycles. The number of carboxylic acids is 1. The average Bonchev–Trinajstić information content (AvgIpc) is 2.53. The first-order valence-corrected chi connectivity index (χ1v) is 9.12. The Balaban J connectivity index is 2.04. The lowest BCUT2D eigenvalue weighted by molar-refractivity contribution is -0.121. The lowest BCUT2D eigenvalue weighted by atomic mass is 9.72.